The van der Waals surface area contributed by atoms with E-state index in [2.05, 4.69) is 15.5 Å². The summed E-state index contributed by atoms with van der Waals surface area (Å²) in [5.41, 5.74) is 5.54. The van der Waals surface area contributed by atoms with Crippen molar-refractivity contribution in [1.29, 1.82) is 0 Å². The molecule has 0 aliphatic heterocycles. The van der Waals surface area contributed by atoms with Gasteiger partial charge in [-0.3, -0.25) is 4.79 Å². The van der Waals surface area contributed by atoms with Crippen molar-refractivity contribution in [3.05, 3.63) is 11.7 Å². The van der Waals surface area contributed by atoms with Gasteiger partial charge in [-0.15, -0.1) is 0 Å². The van der Waals surface area contributed by atoms with E-state index < -0.39 is 48.8 Å². The van der Waals surface area contributed by atoms with Gasteiger partial charge in [-0.05, 0) is 13.3 Å². The number of amides is 2. The van der Waals surface area contributed by atoms with E-state index in [1.807, 2.05) is 5.32 Å². The maximum Gasteiger partial charge on any atom is 0.328 e. The maximum atomic E-state index is 12.0. The van der Waals surface area contributed by atoms with Gasteiger partial charge in [-0.25, -0.2) is 9.59 Å². The number of carboxylic acids is 2. The molecule has 0 aliphatic rings. The van der Waals surface area contributed by atoms with E-state index in [1.54, 1.807) is 0 Å². The van der Waals surface area contributed by atoms with Crippen LogP contribution in [0.25, 0.3) is 0 Å². The molecule has 1 unspecified atom stereocenters. The van der Waals surface area contributed by atoms with E-state index in [-0.39, 0.29) is 24.6 Å². The summed E-state index contributed by atoms with van der Waals surface area (Å²) in [6.45, 7) is 0.725. The van der Waals surface area contributed by atoms with Crippen LogP contribution in [0.15, 0.2) is 4.52 Å². The van der Waals surface area contributed by atoms with Gasteiger partial charge in [0.05, 0.1) is 18.8 Å². The van der Waals surface area contributed by atoms with Crippen molar-refractivity contribution < 1.29 is 39.3 Å². The standard InChI is InChI=1S/C13H21N5O8/c1-5(20)9(12(23)24)16-13(25)15-7(2-3-8(21)22)11-17-10(18-26-11)6(14)4-19/h5-7,9,19-20H,2-4,14H2,1H3,(H,21,22)(H,23,24)(H2,15,16,25)/t5?,6-,7-,9-/m0/s1. The molecule has 26 heavy (non-hydrogen) atoms. The molecule has 13 heteroatoms. The van der Waals surface area contributed by atoms with Gasteiger partial charge < -0.3 is 41.3 Å². The molecular weight excluding hydrogens is 354 g/mol. The molecule has 8 N–H and O–H groups in total. The van der Waals surface area contributed by atoms with Gasteiger partial charge in [0.25, 0.3) is 0 Å². The molecular formula is C13H21N5O8. The smallest absolute Gasteiger partial charge is 0.328 e. The van der Waals surface area contributed by atoms with Crippen molar-refractivity contribution in [1.82, 2.24) is 20.8 Å². The first-order valence-electron chi connectivity index (χ1n) is 7.55. The number of urea groups is 1. The lowest BCUT2D eigenvalue weighted by atomic mass is 10.1. The maximum absolute atomic E-state index is 12.0. The number of carbonyl (C=O) groups is 3. The number of aliphatic carboxylic acids is 2. The monoisotopic (exact) mass is 375 g/mol. The number of nitrogens with two attached hydrogens (primary N) is 1. The molecule has 146 valence electrons. The van der Waals surface area contributed by atoms with Crippen LogP contribution in [-0.4, -0.2) is 67.3 Å². The van der Waals surface area contributed by atoms with Gasteiger partial charge in [0, 0.05) is 6.42 Å². The number of carboxylic acid groups (broad SMARTS) is 2. The molecule has 0 aliphatic carbocycles. The Bertz CT molecular complexity index is 634. The SMILES string of the molecule is CC(O)[C@H](NC(=O)N[C@@H](CCC(=O)O)c1nc([C@@H](N)CO)no1)C(=O)O. The van der Waals surface area contributed by atoms with Crippen LogP contribution >= 0.6 is 0 Å². The lowest BCUT2D eigenvalue weighted by Crippen LogP contribution is -2.51. The van der Waals surface area contributed by atoms with Crippen molar-refractivity contribution in [3.8, 4) is 0 Å². The minimum atomic E-state index is -1.57. The number of nitrogens with one attached hydrogen (secondary N) is 2. The molecule has 0 fully saturated rings. The van der Waals surface area contributed by atoms with Crippen molar-refractivity contribution >= 4 is 18.0 Å². The third-order valence-corrected chi connectivity index (χ3v) is 3.27. The fourth-order valence-electron chi connectivity index (χ4n) is 1.88. The van der Waals surface area contributed by atoms with E-state index in [9.17, 15) is 19.5 Å². The van der Waals surface area contributed by atoms with Crippen molar-refractivity contribution in [2.24, 2.45) is 5.73 Å². The van der Waals surface area contributed by atoms with Gasteiger partial charge >= 0.3 is 18.0 Å². The topological polar surface area (TPSA) is 221 Å². The first kappa shape index (κ1) is 21.3. The Labute approximate surface area is 147 Å². The minimum Gasteiger partial charge on any atom is -0.481 e. The second-order valence-electron chi connectivity index (χ2n) is 5.44. The average Bonchev–Trinajstić information content (AvgIpc) is 3.04. The summed E-state index contributed by atoms with van der Waals surface area (Å²) in [6, 6.07) is -4.54. The normalized spacial score (nSPS) is 15.5. The predicted octanol–water partition coefficient (Wildman–Crippen LogP) is -1.90. The number of aliphatic hydroxyl groups is 2. The Hall–Kier alpha value is -2.77. The fourth-order valence-corrected chi connectivity index (χ4v) is 1.88. The van der Waals surface area contributed by atoms with Crippen molar-refractivity contribution in [3.63, 3.8) is 0 Å². The Morgan fingerprint density at radius 1 is 1.27 bits per heavy atom. The van der Waals surface area contributed by atoms with Crippen LogP contribution in [0.4, 0.5) is 4.79 Å². The van der Waals surface area contributed by atoms with Crippen LogP contribution in [0.2, 0.25) is 0 Å². The molecule has 0 saturated carbocycles. The molecule has 4 atom stereocenters. The number of carbonyl (C=O) groups excluding carboxylic acids is 1. The number of aliphatic hydroxyl groups excluding tert-OH is 2. The van der Waals surface area contributed by atoms with Crippen molar-refractivity contribution in [2.75, 3.05) is 6.61 Å². The molecule has 0 bridgehead atoms. The average molecular weight is 375 g/mol. The minimum absolute atomic E-state index is 0.0440. The zero-order valence-electron chi connectivity index (χ0n) is 13.8. The molecule has 1 heterocycles. The summed E-state index contributed by atoms with van der Waals surface area (Å²) in [6.07, 6.45) is -1.85. The Morgan fingerprint density at radius 3 is 2.42 bits per heavy atom. The summed E-state index contributed by atoms with van der Waals surface area (Å²) in [5.74, 6) is -2.80. The van der Waals surface area contributed by atoms with Crippen LogP contribution < -0.4 is 16.4 Å². The van der Waals surface area contributed by atoms with Gasteiger partial charge in [0.2, 0.25) is 5.89 Å². The van der Waals surface area contributed by atoms with E-state index in [0.717, 1.165) is 0 Å². The highest BCUT2D eigenvalue weighted by molar-refractivity contribution is 5.83. The number of hydrogen-bond acceptors (Lipinski definition) is 9. The molecule has 1 aromatic heterocycles. The van der Waals surface area contributed by atoms with Gasteiger partial charge in [0.1, 0.15) is 6.04 Å². The summed E-state index contributed by atoms with van der Waals surface area (Å²) >= 11 is 0. The lowest BCUT2D eigenvalue weighted by Gasteiger charge is -2.20. The quantitative estimate of drug-likeness (QED) is 0.239. The highest BCUT2D eigenvalue weighted by Gasteiger charge is 2.28. The first-order chi connectivity index (χ1) is 12.1. The molecule has 0 aromatic carbocycles. The third-order valence-electron chi connectivity index (χ3n) is 3.27. The molecule has 13 nitrogen and oxygen atoms in total. The van der Waals surface area contributed by atoms with E-state index in [4.69, 9.17) is 25.6 Å². The predicted molar refractivity (Wildman–Crippen MR) is 82.7 cm³/mol. The zero-order valence-corrected chi connectivity index (χ0v) is 13.8. The van der Waals surface area contributed by atoms with Crippen molar-refractivity contribution in [2.45, 2.75) is 44.0 Å². The number of hydrogen-bond donors (Lipinski definition) is 7. The van der Waals surface area contributed by atoms with Gasteiger partial charge in [-0.1, -0.05) is 5.16 Å². The second-order valence-corrected chi connectivity index (χ2v) is 5.44. The van der Waals surface area contributed by atoms with Crippen LogP contribution in [0.5, 0.6) is 0 Å². The van der Waals surface area contributed by atoms with E-state index >= 15 is 0 Å². The number of nitrogens with zero attached hydrogens (tertiary/aromatic N) is 2. The summed E-state index contributed by atoms with van der Waals surface area (Å²) in [5, 5.41) is 44.0. The number of aromatic nitrogens is 2. The van der Waals surface area contributed by atoms with Crippen LogP contribution in [-0.2, 0) is 9.59 Å². The van der Waals surface area contributed by atoms with Crippen LogP contribution in [0, 0.1) is 0 Å². The van der Waals surface area contributed by atoms with Gasteiger partial charge in [-0.2, -0.15) is 4.98 Å². The van der Waals surface area contributed by atoms with E-state index in [0.29, 0.717) is 0 Å². The largest absolute Gasteiger partial charge is 0.481 e. The molecule has 0 radical (unpaired) electrons. The number of rotatable bonds is 10. The van der Waals surface area contributed by atoms with E-state index in [1.165, 1.54) is 6.92 Å². The molecule has 1 aromatic rings. The van der Waals surface area contributed by atoms with Crippen LogP contribution in [0.3, 0.4) is 0 Å². The summed E-state index contributed by atoms with van der Waals surface area (Å²) in [7, 11) is 0. The molecule has 2 amide bonds. The Morgan fingerprint density at radius 2 is 1.92 bits per heavy atom. The Kier molecular flexibility index (Phi) is 7.89. The third kappa shape index (κ3) is 6.27. The molecule has 0 saturated heterocycles. The Balaban J connectivity index is 2.89. The molecule has 0 spiro atoms. The second kappa shape index (κ2) is 9.65. The fraction of sp³-hybridized carbons (Fsp3) is 0.615. The highest BCUT2D eigenvalue weighted by Crippen LogP contribution is 2.18. The molecule has 1 rings (SSSR count). The summed E-state index contributed by atoms with van der Waals surface area (Å²) < 4.78 is 4.93. The highest BCUT2D eigenvalue weighted by atomic mass is 16.5. The zero-order chi connectivity index (χ0) is 19.9. The van der Waals surface area contributed by atoms with Crippen LogP contribution in [0.1, 0.15) is 43.6 Å². The van der Waals surface area contributed by atoms with Gasteiger partial charge in [0.15, 0.2) is 11.9 Å². The summed E-state index contributed by atoms with van der Waals surface area (Å²) in [4.78, 5) is 37.7. The first-order valence-corrected chi connectivity index (χ1v) is 7.55. The lowest BCUT2D eigenvalue weighted by molar-refractivity contribution is -0.141.